The summed E-state index contributed by atoms with van der Waals surface area (Å²) in [7, 11) is 0. The van der Waals surface area contributed by atoms with Gasteiger partial charge in [-0.05, 0) is 31.0 Å². The van der Waals surface area contributed by atoms with Crippen LogP contribution >= 0.6 is 11.3 Å². The molecule has 0 radical (unpaired) electrons. The van der Waals surface area contributed by atoms with Crippen molar-refractivity contribution >= 4 is 11.3 Å². The number of aromatic nitrogens is 1. The Kier molecular flexibility index (Phi) is 4.44. The Morgan fingerprint density at radius 2 is 2.17 bits per heavy atom. The molecule has 0 aliphatic carbocycles. The zero-order valence-corrected chi connectivity index (χ0v) is 11.5. The third kappa shape index (κ3) is 3.62. The van der Waals surface area contributed by atoms with Gasteiger partial charge in [-0.15, -0.1) is 11.3 Å². The van der Waals surface area contributed by atoms with Crippen LogP contribution in [0.1, 0.15) is 21.8 Å². The first-order chi connectivity index (χ1) is 8.65. The van der Waals surface area contributed by atoms with Gasteiger partial charge in [0.1, 0.15) is 5.82 Å². The summed E-state index contributed by atoms with van der Waals surface area (Å²) < 4.78 is 13.1. The van der Waals surface area contributed by atoms with Gasteiger partial charge in [-0.25, -0.2) is 9.37 Å². The Morgan fingerprint density at radius 1 is 1.33 bits per heavy atom. The summed E-state index contributed by atoms with van der Waals surface area (Å²) in [6.45, 7) is 5.46. The molecule has 1 N–H and O–H groups in total. The second kappa shape index (κ2) is 6.07. The number of aryl methyl sites for hydroxylation is 2. The summed E-state index contributed by atoms with van der Waals surface area (Å²) in [6.07, 6.45) is 0.943. The van der Waals surface area contributed by atoms with Gasteiger partial charge in [0.2, 0.25) is 0 Å². The Morgan fingerprint density at radius 3 is 2.83 bits per heavy atom. The van der Waals surface area contributed by atoms with E-state index in [1.165, 1.54) is 6.07 Å². The van der Waals surface area contributed by atoms with Crippen molar-refractivity contribution in [2.75, 3.05) is 6.54 Å². The Balaban J connectivity index is 1.76. The molecule has 4 heteroatoms. The van der Waals surface area contributed by atoms with Crippen molar-refractivity contribution in [2.24, 2.45) is 0 Å². The van der Waals surface area contributed by atoms with Gasteiger partial charge < -0.3 is 5.32 Å². The van der Waals surface area contributed by atoms with Crippen LogP contribution in [0.3, 0.4) is 0 Å². The van der Waals surface area contributed by atoms with Crippen LogP contribution in [-0.4, -0.2) is 11.5 Å². The molecule has 2 aromatic rings. The van der Waals surface area contributed by atoms with Crippen molar-refractivity contribution in [3.8, 4) is 0 Å². The van der Waals surface area contributed by atoms with Crippen molar-refractivity contribution in [1.82, 2.24) is 10.3 Å². The molecule has 0 spiro atoms. The Hall–Kier alpha value is -1.26. The molecule has 96 valence electrons. The predicted octanol–water partition coefficient (Wildman–Crippen LogP) is 3.23. The smallest absolute Gasteiger partial charge is 0.126 e. The van der Waals surface area contributed by atoms with Crippen molar-refractivity contribution in [3.63, 3.8) is 0 Å². The molecule has 0 aliphatic heterocycles. The third-order valence-electron chi connectivity index (χ3n) is 2.73. The standard InChI is InChI=1S/C14H17FN2S/c1-10-7-12(3-4-13(10)15)8-16-6-5-14-17-11(2)9-18-14/h3-4,7,9,16H,5-6,8H2,1-2H3. The zero-order chi connectivity index (χ0) is 13.0. The van der Waals surface area contributed by atoms with Crippen molar-refractivity contribution < 1.29 is 4.39 Å². The average Bonchev–Trinajstić information content (AvgIpc) is 2.75. The van der Waals surface area contributed by atoms with E-state index in [-0.39, 0.29) is 5.82 Å². The minimum atomic E-state index is -0.142. The number of nitrogens with zero attached hydrogens (tertiary/aromatic N) is 1. The highest BCUT2D eigenvalue weighted by atomic mass is 32.1. The molecular formula is C14H17FN2S. The molecule has 0 amide bonds. The summed E-state index contributed by atoms with van der Waals surface area (Å²) in [6, 6.07) is 5.23. The number of nitrogens with one attached hydrogen (secondary N) is 1. The van der Waals surface area contributed by atoms with Crippen LogP contribution in [0.25, 0.3) is 0 Å². The van der Waals surface area contributed by atoms with Crippen LogP contribution in [-0.2, 0) is 13.0 Å². The molecule has 2 rings (SSSR count). The molecular weight excluding hydrogens is 247 g/mol. The number of hydrogen-bond donors (Lipinski definition) is 1. The second-order valence-corrected chi connectivity index (χ2v) is 5.34. The fraction of sp³-hybridized carbons (Fsp3) is 0.357. The van der Waals surface area contributed by atoms with Crippen LogP contribution in [0.5, 0.6) is 0 Å². The summed E-state index contributed by atoms with van der Waals surface area (Å²) in [4.78, 5) is 4.41. The van der Waals surface area contributed by atoms with Gasteiger partial charge in [-0.1, -0.05) is 12.1 Å². The fourth-order valence-corrected chi connectivity index (χ4v) is 2.54. The molecule has 1 aromatic heterocycles. The molecule has 1 aromatic carbocycles. The highest BCUT2D eigenvalue weighted by Crippen LogP contribution is 2.10. The van der Waals surface area contributed by atoms with E-state index in [1.807, 2.05) is 19.1 Å². The van der Waals surface area contributed by atoms with Crippen molar-refractivity contribution in [3.05, 3.63) is 51.2 Å². The highest BCUT2D eigenvalue weighted by Gasteiger charge is 2.00. The van der Waals surface area contributed by atoms with Gasteiger partial charge in [-0.3, -0.25) is 0 Å². The van der Waals surface area contributed by atoms with Crippen LogP contribution in [0.2, 0.25) is 0 Å². The first-order valence-electron chi connectivity index (χ1n) is 6.02. The van der Waals surface area contributed by atoms with E-state index in [2.05, 4.69) is 15.7 Å². The van der Waals surface area contributed by atoms with Gasteiger partial charge >= 0.3 is 0 Å². The van der Waals surface area contributed by atoms with Gasteiger partial charge in [-0.2, -0.15) is 0 Å². The number of benzene rings is 1. The summed E-state index contributed by atoms with van der Waals surface area (Å²) >= 11 is 1.70. The lowest BCUT2D eigenvalue weighted by Crippen LogP contribution is -2.16. The molecule has 0 saturated carbocycles. The summed E-state index contributed by atoms with van der Waals surface area (Å²) in [5.41, 5.74) is 2.90. The van der Waals surface area contributed by atoms with Crippen LogP contribution in [0.15, 0.2) is 23.6 Å². The molecule has 1 heterocycles. The van der Waals surface area contributed by atoms with E-state index in [9.17, 15) is 4.39 Å². The maximum atomic E-state index is 13.1. The number of rotatable bonds is 5. The largest absolute Gasteiger partial charge is 0.312 e. The molecule has 0 aliphatic rings. The number of halogens is 1. The van der Waals surface area contributed by atoms with Gasteiger partial charge in [0, 0.05) is 30.6 Å². The maximum absolute atomic E-state index is 13.1. The fourth-order valence-electron chi connectivity index (χ4n) is 1.76. The summed E-state index contributed by atoms with van der Waals surface area (Å²) in [5, 5.41) is 6.58. The second-order valence-electron chi connectivity index (χ2n) is 4.39. The minimum absolute atomic E-state index is 0.142. The van der Waals surface area contributed by atoms with E-state index in [0.717, 1.165) is 35.8 Å². The van der Waals surface area contributed by atoms with Crippen LogP contribution in [0.4, 0.5) is 4.39 Å². The van der Waals surface area contributed by atoms with Crippen LogP contribution < -0.4 is 5.32 Å². The van der Waals surface area contributed by atoms with E-state index < -0.39 is 0 Å². The molecule has 0 fully saturated rings. The van der Waals surface area contributed by atoms with Crippen molar-refractivity contribution in [2.45, 2.75) is 26.8 Å². The van der Waals surface area contributed by atoms with E-state index in [0.29, 0.717) is 5.56 Å². The van der Waals surface area contributed by atoms with Gasteiger partial charge in [0.05, 0.1) is 5.01 Å². The van der Waals surface area contributed by atoms with E-state index >= 15 is 0 Å². The maximum Gasteiger partial charge on any atom is 0.126 e. The Bertz CT molecular complexity index is 522. The lowest BCUT2D eigenvalue weighted by molar-refractivity contribution is 0.615. The quantitative estimate of drug-likeness (QED) is 0.839. The van der Waals surface area contributed by atoms with E-state index in [1.54, 1.807) is 18.3 Å². The monoisotopic (exact) mass is 264 g/mol. The van der Waals surface area contributed by atoms with Gasteiger partial charge in [0.15, 0.2) is 0 Å². The first kappa shape index (κ1) is 13.2. The predicted molar refractivity (Wildman–Crippen MR) is 73.4 cm³/mol. The molecule has 0 saturated heterocycles. The zero-order valence-electron chi connectivity index (χ0n) is 10.7. The number of thiazole rings is 1. The molecule has 0 bridgehead atoms. The Labute approximate surface area is 111 Å². The molecule has 18 heavy (non-hydrogen) atoms. The van der Waals surface area contributed by atoms with Crippen LogP contribution in [0, 0.1) is 19.7 Å². The molecule has 0 unspecified atom stereocenters. The lowest BCUT2D eigenvalue weighted by Gasteiger charge is -2.05. The third-order valence-corrected chi connectivity index (χ3v) is 3.76. The summed E-state index contributed by atoms with van der Waals surface area (Å²) in [5.74, 6) is -0.142. The first-order valence-corrected chi connectivity index (χ1v) is 6.90. The highest BCUT2D eigenvalue weighted by molar-refractivity contribution is 7.09. The number of hydrogen-bond acceptors (Lipinski definition) is 3. The lowest BCUT2D eigenvalue weighted by atomic mass is 10.1. The van der Waals surface area contributed by atoms with E-state index in [4.69, 9.17) is 0 Å². The SMILES string of the molecule is Cc1csc(CCNCc2ccc(F)c(C)c2)n1. The van der Waals surface area contributed by atoms with Crippen molar-refractivity contribution in [1.29, 1.82) is 0 Å². The van der Waals surface area contributed by atoms with Gasteiger partial charge in [0.25, 0.3) is 0 Å². The minimum Gasteiger partial charge on any atom is -0.312 e. The topological polar surface area (TPSA) is 24.9 Å². The average molecular weight is 264 g/mol. The molecule has 2 nitrogen and oxygen atoms in total. The normalized spacial score (nSPS) is 10.8. The molecule has 0 atom stereocenters.